The Morgan fingerprint density at radius 2 is 1.83 bits per heavy atom. The molecule has 0 aromatic heterocycles. The first-order valence-corrected chi connectivity index (χ1v) is 7.67. The Morgan fingerprint density at radius 1 is 1.17 bits per heavy atom. The SMILES string of the molecule is CCCN(CC(=O)O)C(=O)CCCOc1ccc(C(C)=O)cc1. The van der Waals surface area contributed by atoms with Gasteiger partial charge in [0.15, 0.2) is 5.78 Å². The topological polar surface area (TPSA) is 83.9 Å². The number of hydrogen-bond donors (Lipinski definition) is 1. The van der Waals surface area contributed by atoms with E-state index in [2.05, 4.69) is 0 Å². The molecule has 6 nitrogen and oxygen atoms in total. The molecule has 1 rings (SSSR count). The lowest BCUT2D eigenvalue weighted by molar-refractivity contribution is -0.144. The van der Waals surface area contributed by atoms with E-state index < -0.39 is 5.97 Å². The van der Waals surface area contributed by atoms with Crippen LogP contribution in [0, 0.1) is 0 Å². The number of ketones is 1. The van der Waals surface area contributed by atoms with Crippen molar-refractivity contribution < 1.29 is 24.2 Å². The summed E-state index contributed by atoms with van der Waals surface area (Å²) in [5.41, 5.74) is 0.622. The molecule has 0 bridgehead atoms. The van der Waals surface area contributed by atoms with Gasteiger partial charge in [0.2, 0.25) is 5.91 Å². The van der Waals surface area contributed by atoms with Gasteiger partial charge in [-0.2, -0.15) is 0 Å². The van der Waals surface area contributed by atoms with Crippen molar-refractivity contribution in [3.8, 4) is 5.75 Å². The second-order valence-electron chi connectivity index (χ2n) is 5.24. The Bertz CT molecular complexity index is 538. The minimum atomic E-state index is -1.01. The largest absolute Gasteiger partial charge is 0.494 e. The average Bonchev–Trinajstić information content (AvgIpc) is 2.51. The molecule has 0 aliphatic carbocycles. The number of Topliss-reactive ketones (excluding diaryl/α,β-unsaturated/α-hetero) is 1. The van der Waals surface area contributed by atoms with Crippen LogP contribution in [-0.4, -0.2) is 47.4 Å². The van der Waals surface area contributed by atoms with Gasteiger partial charge in [-0.1, -0.05) is 6.92 Å². The number of carbonyl (C=O) groups is 3. The Morgan fingerprint density at radius 3 is 2.35 bits per heavy atom. The number of ether oxygens (including phenoxy) is 1. The highest BCUT2D eigenvalue weighted by Crippen LogP contribution is 2.13. The lowest BCUT2D eigenvalue weighted by atomic mass is 10.1. The summed E-state index contributed by atoms with van der Waals surface area (Å²) < 4.78 is 5.51. The lowest BCUT2D eigenvalue weighted by Crippen LogP contribution is -2.36. The van der Waals surface area contributed by atoms with E-state index in [1.165, 1.54) is 11.8 Å². The summed E-state index contributed by atoms with van der Waals surface area (Å²) in [6, 6.07) is 6.82. The molecule has 1 amide bonds. The van der Waals surface area contributed by atoms with Crippen LogP contribution in [0.2, 0.25) is 0 Å². The van der Waals surface area contributed by atoms with Crippen molar-refractivity contribution in [3.05, 3.63) is 29.8 Å². The van der Waals surface area contributed by atoms with Gasteiger partial charge in [0, 0.05) is 18.5 Å². The van der Waals surface area contributed by atoms with E-state index in [-0.39, 0.29) is 24.7 Å². The molecule has 0 saturated heterocycles. The second kappa shape index (κ2) is 9.61. The smallest absolute Gasteiger partial charge is 0.323 e. The van der Waals surface area contributed by atoms with Gasteiger partial charge in [0.05, 0.1) is 6.61 Å². The number of aliphatic carboxylic acids is 1. The van der Waals surface area contributed by atoms with E-state index in [0.717, 1.165) is 6.42 Å². The van der Waals surface area contributed by atoms with Crippen LogP contribution in [0.1, 0.15) is 43.5 Å². The van der Waals surface area contributed by atoms with Crippen molar-refractivity contribution in [2.75, 3.05) is 19.7 Å². The fraction of sp³-hybridized carbons (Fsp3) is 0.471. The van der Waals surface area contributed by atoms with Gasteiger partial charge >= 0.3 is 5.97 Å². The molecule has 126 valence electrons. The Labute approximate surface area is 136 Å². The van der Waals surface area contributed by atoms with Crippen molar-refractivity contribution in [1.82, 2.24) is 4.90 Å². The zero-order chi connectivity index (χ0) is 17.2. The van der Waals surface area contributed by atoms with E-state index in [4.69, 9.17) is 9.84 Å². The van der Waals surface area contributed by atoms with Gasteiger partial charge in [0.25, 0.3) is 0 Å². The van der Waals surface area contributed by atoms with Crippen LogP contribution in [0.4, 0.5) is 0 Å². The van der Waals surface area contributed by atoms with Crippen LogP contribution in [-0.2, 0) is 9.59 Å². The van der Waals surface area contributed by atoms with Crippen molar-refractivity contribution in [2.24, 2.45) is 0 Å². The summed E-state index contributed by atoms with van der Waals surface area (Å²) in [7, 11) is 0. The molecule has 0 aliphatic rings. The van der Waals surface area contributed by atoms with Gasteiger partial charge < -0.3 is 14.7 Å². The highest BCUT2D eigenvalue weighted by atomic mass is 16.5. The molecule has 0 saturated carbocycles. The molecule has 6 heteroatoms. The van der Waals surface area contributed by atoms with Crippen LogP contribution in [0.3, 0.4) is 0 Å². The standard InChI is InChI=1S/C17H23NO5/c1-3-10-18(12-17(21)22)16(20)5-4-11-23-15-8-6-14(7-9-15)13(2)19/h6-9H,3-5,10-12H2,1-2H3,(H,21,22). The molecule has 0 atom stereocenters. The Hall–Kier alpha value is -2.37. The third kappa shape index (κ3) is 6.95. The van der Waals surface area contributed by atoms with Gasteiger partial charge in [-0.25, -0.2) is 0 Å². The molecule has 0 heterocycles. The molecule has 0 aliphatic heterocycles. The number of carbonyl (C=O) groups excluding carboxylic acids is 2. The summed E-state index contributed by atoms with van der Waals surface area (Å²) in [4.78, 5) is 35.2. The zero-order valence-electron chi connectivity index (χ0n) is 13.6. The molecule has 0 spiro atoms. The zero-order valence-corrected chi connectivity index (χ0v) is 13.6. The van der Waals surface area contributed by atoms with Crippen LogP contribution < -0.4 is 4.74 Å². The number of hydrogen-bond acceptors (Lipinski definition) is 4. The quantitative estimate of drug-likeness (QED) is 0.528. The summed E-state index contributed by atoms with van der Waals surface area (Å²) in [5.74, 6) is -0.548. The Balaban J connectivity index is 2.36. The summed E-state index contributed by atoms with van der Waals surface area (Å²) in [6.07, 6.45) is 1.48. The fourth-order valence-electron chi connectivity index (χ4n) is 2.08. The molecule has 23 heavy (non-hydrogen) atoms. The predicted molar refractivity (Wildman–Crippen MR) is 85.7 cm³/mol. The van der Waals surface area contributed by atoms with E-state index in [1.807, 2.05) is 6.92 Å². The Kier molecular flexibility index (Phi) is 7.80. The van der Waals surface area contributed by atoms with Gasteiger partial charge in [0.1, 0.15) is 12.3 Å². The van der Waals surface area contributed by atoms with E-state index in [1.54, 1.807) is 24.3 Å². The number of amides is 1. The first-order valence-electron chi connectivity index (χ1n) is 7.67. The number of benzene rings is 1. The maximum absolute atomic E-state index is 12.0. The van der Waals surface area contributed by atoms with Gasteiger partial charge in [-0.15, -0.1) is 0 Å². The van der Waals surface area contributed by atoms with Crippen molar-refractivity contribution in [3.63, 3.8) is 0 Å². The third-order valence-corrected chi connectivity index (χ3v) is 3.24. The van der Waals surface area contributed by atoms with E-state index >= 15 is 0 Å². The van der Waals surface area contributed by atoms with Crippen LogP contribution >= 0.6 is 0 Å². The molecule has 1 aromatic rings. The first-order chi connectivity index (χ1) is 10.9. The highest BCUT2D eigenvalue weighted by molar-refractivity contribution is 5.94. The monoisotopic (exact) mass is 321 g/mol. The average molecular weight is 321 g/mol. The number of carboxylic acids is 1. The summed E-state index contributed by atoms with van der Waals surface area (Å²) >= 11 is 0. The van der Waals surface area contributed by atoms with Crippen molar-refractivity contribution >= 4 is 17.7 Å². The number of nitrogens with zero attached hydrogens (tertiary/aromatic N) is 1. The molecule has 0 radical (unpaired) electrons. The second-order valence-corrected chi connectivity index (χ2v) is 5.24. The van der Waals surface area contributed by atoms with Gasteiger partial charge in [-0.05, 0) is 44.0 Å². The van der Waals surface area contributed by atoms with Crippen LogP contribution in [0.25, 0.3) is 0 Å². The normalized spacial score (nSPS) is 10.2. The molecule has 0 fully saturated rings. The third-order valence-electron chi connectivity index (χ3n) is 3.24. The number of rotatable bonds is 10. The number of carboxylic acid groups (broad SMARTS) is 1. The highest BCUT2D eigenvalue weighted by Gasteiger charge is 2.15. The van der Waals surface area contributed by atoms with E-state index in [9.17, 15) is 14.4 Å². The summed E-state index contributed by atoms with van der Waals surface area (Å²) in [6.45, 7) is 3.94. The van der Waals surface area contributed by atoms with E-state index in [0.29, 0.717) is 30.9 Å². The molecule has 1 N–H and O–H groups in total. The maximum atomic E-state index is 12.0. The molecular weight excluding hydrogens is 298 g/mol. The minimum absolute atomic E-state index is 0.00315. The van der Waals surface area contributed by atoms with Crippen LogP contribution in [0.15, 0.2) is 24.3 Å². The molecular formula is C17H23NO5. The minimum Gasteiger partial charge on any atom is -0.494 e. The molecule has 0 unspecified atom stereocenters. The predicted octanol–water partition coefficient (Wildman–Crippen LogP) is 2.37. The first kappa shape index (κ1) is 18.7. The van der Waals surface area contributed by atoms with Gasteiger partial charge in [-0.3, -0.25) is 14.4 Å². The maximum Gasteiger partial charge on any atom is 0.323 e. The van der Waals surface area contributed by atoms with Crippen molar-refractivity contribution in [1.29, 1.82) is 0 Å². The lowest BCUT2D eigenvalue weighted by Gasteiger charge is -2.19. The molecule has 1 aromatic carbocycles. The fourth-order valence-corrected chi connectivity index (χ4v) is 2.08. The van der Waals surface area contributed by atoms with Crippen LogP contribution in [0.5, 0.6) is 5.75 Å². The summed E-state index contributed by atoms with van der Waals surface area (Å²) in [5, 5.41) is 8.80. The van der Waals surface area contributed by atoms with Crippen molar-refractivity contribution in [2.45, 2.75) is 33.1 Å².